The molecular weight excluding hydrogens is 264 g/mol. The van der Waals surface area contributed by atoms with Crippen molar-refractivity contribution in [3.05, 3.63) is 66.2 Å². The van der Waals surface area contributed by atoms with Gasteiger partial charge < -0.3 is 16.2 Å². The van der Waals surface area contributed by atoms with E-state index in [4.69, 9.17) is 16.2 Å². The lowest BCUT2D eigenvalue weighted by atomic mass is 10.1. The van der Waals surface area contributed by atoms with Gasteiger partial charge in [0, 0.05) is 5.39 Å². The summed E-state index contributed by atoms with van der Waals surface area (Å²) in [6.07, 6.45) is 0. The minimum absolute atomic E-state index is 0.267. The topological polar surface area (TPSA) is 78.3 Å². The standard InChI is InChI=1S/C17H14N2O2/c18-14-9-4-8-13(17(19)20)16(14)21-15-10-3-6-11-5-1-2-7-12(11)15/h1-10H,18H2,(H2,19,20). The fourth-order valence-corrected chi connectivity index (χ4v) is 2.26. The van der Waals surface area contributed by atoms with Crippen LogP contribution in [0, 0.1) is 0 Å². The number of carbonyl (C=O) groups excluding carboxylic acids is 1. The van der Waals surface area contributed by atoms with Gasteiger partial charge in [-0.05, 0) is 23.6 Å². The first-order valence-corrected chi connectivity index (χ1v) is 6.51. The maximum atomic E-state index is 11.5. The second-order valence-corrected chi connectivity index (χ2v) is 4.67. The lowest BCUT2D eigenvalue weighted by Crippen LogP contribution is -2.13. The fourth-order valence-electron chi connectivity index (χ4n) is 2.26. The number of ether oxygens (including phenoxy) is 1. The highest BCUT2D eigenvalue weighted by molar-refractivity contribution is 5.98. The third kappa shape index (κ3) is 2.39. The van der Waals surface area contributed by atoms with Crippen molar-refractivity contribution in [2.75, 3.05) is 5.73 Å². The molecule has 0 fully saturated rings. The van der Waals surface area contributed by atoms with E-state index in [9.17, 15) is 4.79 Å². The van der Waals surface area contributed by atoms with E-state index >= 15 is 0 Å². The van der Waals surface area contributed by atoms with Crippen LogP contribution in [0.15, 0.2) is 60.7 Å². The van der Waals surface area contributed by atoms with Crippen LogP contribution in [0.25, 0.3) is 10.8 Å². The van der Waals surface area contributed by atoms with Gasteiger partial charge in [0.15, 0.2) is 5.75 Å². The molecule has 0 aliphatic rings. The summed E-state index contributed by atoms with van der Waals surface area (Å²) in [6, 6.07) is 18.5. The summed E-state index contributed by atoms with van der Waals surface area (Å²) in [6.45, 7) is 0. The summed E-state index contributed by atoms with van der Waals surface area (Å²) < 4.78 is 5.89. The van der Waals surface area contributed by atoms with Gasteiger partial charge in [0.05, 0.1) is 11.3 Å². The molecule has 0 heterocycles. The second kappa shape index (κ2) is 5.17. The molecule has 0 saturated heterocycles. The molecule has 3 aromatic rings. The normalized spacial score (nSPS) is 10.5. The Balaban J connectivity index is 2.13. The van der Waals surface area contributed by atoms with Gasteiger partial charge in [-0.1, -0.05) is 42.5 Å². The minimum atomic E-state index is -0.572. The van der Waals surface area contributed by atoms with Gasteiger partial charge in [-0.3, -0.25) is 4.79 Å². The van der Waals surface area contributed by atoms with E-state index in [1.165, 1.54) is 0 Å². The van der Waals surface area contributed by atoms with Gasteiger partial charge in [-0.2, -0.15) is 0 Å². The highest BCUT2D eigenvalue weighted by atomic mass is 16.5. The van der Waals surface area contributed by atoms with Crippen molar-refractivity contribution in [2.24, 2.45) is 5.73 Å². The predicted octanol–water partition coefficient (Wildman–Crippen LogP) is 3.31. The Bertz CT molecular complexity index is 823. The van der Waals surface area contributed by atoms with E-state index in [2.05, 4.69) is 0 Å². The Morgan fingerprint density at radius 2 is 1.62 bits per heavy atom. The quantitative estimate of drug-likeness (QED) is 0.721. The maximum Gasteiger partial charge on any atom is 0.252 e. The molecule has 4 heteroatoms. The first-order chi connectivity index (χ1) is 10.2. The van der Waals surface area contributed by atoms with E-state index < -0.39 is 5.91 Å². The van der Waals surface area contributed by atoms with Crippen LogP contribution < -0.4 is 16.2 Å². The van der Waals surface area contributed by atoms with E-state index in [0.717, 1.165) is 10.8 Å². The molecule has 0 radical (unpaired) electrons. The summed E-state index contributed by atoms with van der Waals surface area (Å²) in [5.41, 5.74) is 11.9. The monoisotopic (exact) mass is 278 g/mol. The molecule has 0 unspecified atom stereocenters. The highest BCUT2D eigenvalue weighted by Crippen LogP contribution is 2.34. The molecule has 0 aliphatic heterocycles. The van der Waals surface area contributed by atoms with E-state index in [-0.39, 0.29) is 5.56 Å². The molecule has 4 nitrogen and oxygen atoms in total. The molecule has 104 valence electrons. The predicted molar refractivity (Wildman–Crippen MR) is 83.4 cm³/mol. The largest absolute Gasteiger partial charge is 0.454 e. The third-order valence-electron chi connectivity index (χ3n) is 3.27. The summed E-state index contributed by atoms with van der Waals surface area (Å²) in [4.78, 5) is 11.5. The van der Waals surface area contributed by atoms with Gasteiger partial charge in [-0.25, -0.2) is 0 Å². The molecule has 3 rings (SSSR count). The molecule has 1 amide bonds. The van der Waals surface area contributed by atoms with Crippen molar-refractivity contribution in [2.45, 2.75) is 0 Å². The van der Waals surface area contributed by atoms with Crippen LogP contribution in [0.4, 0.5) is 5.69 Å². The zero-order valence-corrected chi connectivity index (χ0v) is 11.2. The Morgan fingerprint density at radius 3 is 2.43 bits per heavy atom. The molecule has 0 aliphatic carbocycles. The number of nitrogens with two attached hydrogens (primary N) is 2. The SMILES string of the molecule is NC(=O)c1cccc(N)c1Oc1cccc2ccccc12. The number of nitrogen functional groups attached to an aromatic ring is 1. The van der Waals surface area contributed by atoms with Gasteiger partial charge in [0.1, 0.15) is 5.75 Å². The van der Waals surface area contributed by atoms with Crippen LogP contribution in [0.3, 0.4) is 0 Å². The van der Waals surface area contributed by atoms with E-state index in [1.54, 1.807) is 18.2 Å². The number of benzene rings is 3. The van der Waals surface area contributed by atoms with Crippen molar-refractivity contribution < 1.29 is 9.53 Å². The Morgan fingerprint density at radius 1 is 0.905 bits per heavy atom. The number of rotatable bonds is 3. The second-order valence-electron chi connectivity index (χ2n) is 4.67. The summed E-state index contributed by atoms with van der Waals surface area (Å²) in [5.74, 6) is 0.354. The molecule has 21 heavy (non-hydrogen) atoms. The van der Waals surface area contributed by atoms with Crippen LogP contribution >= 0.6 is 0 Å². The average Bonchev–Trinajstić information content (AvgIpc) is 2.49. The Hall–Kier alpha value is -3.01. The molecule has 0 bridgehead atoms. The van der Waals surface area contributed by atoms with Crippen LogP contribution in [0.5, 0.6) is 11.5 Å². The number of fused-ring (bicyclic) bond motifs is 1. The smallest absolute Gasteiger partial charge is 0.252 e. The van der Waals surface area contributed by atoms with Gasteiger partial charge in [0.25, 0.3) is 5.91 Å². The number of primary amides is 1. The number of hydrogen-bond acceptors (Lipinski definition) is 3. The van der Waals surface area contributed by atoms with Crippen LogP contribution in [-0.2, 0) is 0 Å². The Labute approximate surface area is 121 Å². The van der Waals surface area contributed by atoms with E-state index in [0.29, 0.717) is 17.2 Å². The number of carbonyl (C=O) groups is 1. The van der Waals surface area contributed by atoms with Gasteiger partial charge in [0.2, 0.25) is 0 Å². The lowest BCUT2D eigenvalue weighted by molar-refractivity contribution is 0.0998. The number of hydrogen-bond donors (Lipinski definition) is 2. The van der Waals surface area contributed by atoms with Crippen molar-refractivity contribution >= 4 is 22.4 Å². The maximum absolute atomic E-state index is 11.5. The molecule has 0 spiro atoms. The van der Waals surface area contributed by atoms with Crippen LogP contribution in [0.2, 0.25) is 0 Å². The minimum Gasteiger partial charge on any atom is -0.454 e. The zero-order chi connectivity index (χ0) is 14.8. The Kier molecular flexibility index (Phi) is 3.20. The fraction of sp³-hybridized carbons (Fsp3) is 0. The summed E-state index contributed by atoms with van der Waals surface area (Å²) in [5, 5.41) is 1.99. The number of anilines is 1. The highest BCUT2D eigenvalue weighted by Gasteiger charge is 2.14. The van der Waals surface area contributed by atoms with Crippen molar-refractivity contribution in [3.8, 4) is 11.5 Å². The molecular formula is C17H14N2O2. The molecule has 4 N–H and O–H groups in total. The number of amides is 1. The van der Waals surface area contributed by atoms with Gasteiger partial charge >= 0.3 is 0 Å². The summed E-state index contributed by atoms with van der Waals surface area (Å²) in [7, 11) is 0. The zero-order valence-electron chi connectivity index (χ0n) is 11.2. The summed E-state index contributed by atoms with van der Waals surface area (Å²) >= 11 is 0. The van der Waals surface area contributed by atoms with Crippen molar-refractivity contribution in [1.29, 1.82) is 0 Å². The van der Waals surface area contributed by atoms with Gasteiger partial charge in [-0.15, -0.1) is 0 Å². The molecule has 0 aromatic heterocycles. The van der Waals surface area contributed by atoms with Crippen LogP contribution in [-0.4, -0.2) is 5.91 Å². The lowest BCUT2D eigenvalue weighted by Gasteiger charge is -2.13. The first-order valence-electron chi connectivity index (χ1n) is 6.51. The third-order valence-corrected chi connectivity index (χ3v) is 3.27. The first kappa shape index (κ1) is 13.0. The molecule has 3 aromatic carbocycles. The van der Waals surface area contributed by atoms with Crippen molar-refractivity contribution in [1.82, 2.24) is 0 Å². The molecule has 0 saturated carbocycles. The van der Waals surface area contributed by atoms with Crippen molar-refractivity contribution in [3.63, 3.8) is 0 Å². The van der Waals surface area contributed by atoms with Crippen LogP contribution in [0.1, 0.15) is 10.4 Å². The van der Waals surface area contributed by atoms with E-state index in [1.807, 2.05) is 42.5 Å². The molecule has 0 atom stereocenters. The average molecular weight is 278 g/mol. The number of para-hydroxylation sites is 1.